The first-order valence-electron chi connectivity index (χ1n) is 9.07. The molecule has 1 saturated carbocycles. The summed E-state index contributed by atoms with van der Waals surface area (Å²) in [5.41, 5.74) is 0.687. The minimum absolute atomic E-state index is 0.174. The third kappa shape index (κ3) is 2.67. The van der Waals surface area contributed by atoms with Gasteiger partial charge >= 0.3 is 5.97 Å². The lowest BCUT2D eigenvalue weighted by Crippen LogP contribution is -2.35. The molecular formula is C19H22N4O3. The molecule has 4 rings (SSSR count). The zero-order valence-electron chi connectivity index (χ0n) is 14.7. The molecule has 136 valence electrons. The number of rotatable bonds is 4. The Labute approximate surface area is 151 Å². The number of carboxylic acids is 1. The second kappa shape index (κ2) is 6.23. The first-order valence-corrected chi connectivity index (χ1v) is 9.07. The van der Waals surface area contributed by atoms with Gasteiger partial charge in [0.15, 0.2) is 0 Å². The number of nitrogens with one attached hydrogen (secondary N) is 1. The number of carbonyl (C=O) groups is 1. The van der Waals surface area contributed by atoms with E-state index in [1.807, 2.05) is 19.1 Å². The predicted molar refractivity (Wildman–Crippen MR) is 97.1 cm³/mol. The predicted octanol–water partition coefficient (Wildman–Crippen LogP) is 2.09. The molecule has 0 bridgehead atoms. The van der Waals surface area contributed by atoms with E-state index >= 15 is 0 Å². The van der Waals surface area contributed by atoms with Crippen molar-refractivity contribution in [1.82, 2.24) is 15.0 Å². The fourth-order valence-corrected chi connectivity index (χ4v) is 4.35. The van der Waals surface area contributed by atoms with Crippen molar-refractivity contribution in [2.24, 2.45) is 11.3 Å². The Hall–Kier alpha value is -2.70. The van der Waals surface area contributed by atoms with E-state index in [0.29, 0.717) is 18.8 Å². The highest BCUT2D eigenvalue weighted by Gasteiger charge is 2.55. The largest absolute Gasteiger partial charge is 0.481 e. The third-order valence-corrected chi connectivity index (χ3v) is 5.80. The van der Waals surface area contributed by atoms with Crippen molar-refractivity contribution < 1.29 is 9.90 Å². The molecule has 0 unspecified atom stereocenters. The van der Waals surface area contributed by atoms with Crippen LogP contribution in [0.3, 0.4) is 0 Å². The van der Waals surface area contributed by atoms with Crippen LogP contribution in [0.25, 0.3) is 11.4 Å². The summed E-state index contributed by atoms with van der Waals surface area (Å²) < 4.78 is 0. The number of fused-ring (bicyclic) bond motifs is 1. The van der Waals surface area contributed by atoms with Crippen molar-refractivity contribution in [2.75, 3.05) is 18.0 Å². The van der Waals surface area contributed by atoms with Gasteiger partial charge in [-0.05, 0) is 37.3 Å². The summed E-state index contributed by atoms with van der Waals surface area (Å²) in [5, 5.41) is 9.72. The fraction of sp³-hybridized carbons (Fsp3) is 0.474. The molecule has 2 fully saturated rings. The number of aliphatic carboxylic acids is 1. The average molecular weight is 354 g/mol. The number of carboxylic acid groups (broad SMARTS) is 1. The van der Waals surface area contributed by atoms with E-state index in [1.54, 1.807) is 6.20 Å². The molecule has 26 heavy (non-hydrogen) atoms. The Kier molecular flexibility index (Phi) is 4.01. The van der Waals surface area contributed by atoms with Gasteiger partial charge in [-0.2, -0.15) is 0 Å². The van der Waals surface area contributed by atoms with Crippen molar-refractivity contribution in [1.29, 1.82) is 0 Å². The molecule has 1 aliphatic heterocycles. The normalized spacial score (nSPS) is 24.7. The zero-order chi connectivity index (χ0) is 18.3. The van der Waals surface area contributed by atoms with Crippen LogP contribution in [0.2, 0.25) is 0 Å². The summed E-state index contributed by atoms with van der Waals surface area (Å²) in [5.74, 6) is 0.796. The molecule has 0 spiro atoms. The van der Waals surface area contributed by atoms with E-state index in [-0.39, 0.29) is 11.5 Å². The number of aromatic amines is 1. The molecule has 2 aromatic heterocycles. The molecule has 0 amide bonds. The number of anilines is 1. The van der Waals surface area contributed by atoms with Gasteiger partial charge < -0.3 is 15.0 Å². The first kappa shape index (κ1) is 16.8. The zero-order valence-corrected chi connectivity index (χ0v) is 14.7. The lowest BCUT2D eigenvalue weighted by molar-refractivity contribution is -0.149. The highest BCUT2D eigenvalue weighted by molar-refractivity contribution is 5.78. The SMILES string of the molecule is CCc1cc(=O)[nH]c(-c2ccc(N3C[C@@H]4CCC[C@@]4(C(=O)O)C3)nc2)n1. The van der Waals surface area contributed by atoms with Crippen LogP contribution in [0.4, 0.5) is 5.82 Å². The highest BCUT2D eigenvalue weighted by atomic mass is 16.4. The van der Waals surface area contributed by atoms with Gasteiger partial charge in [0.05, 0.1) is 5.41 Å². The van der Waals surface area contributed by atoms with E-state index in [1.165, 1.54) is 6.07 Å². The fourth-order valence-electron chi connectivity index (χ4n) is 4.35. The van der Waals surface area contributed by atoms with Crippen LogP contribution < -0.4 is 10.5 Å². The molecule has 2 atom stereocenters. The quantitative estimate of drug-likeness (QED) is 0.872. The van der Waals surface area contributed by atoms with Crippen molar-refractivity contribution in [3.8, 4) is 11.4 Å². The maximum Gasteiger partial charge on any atom is 0.311 e. The van der Waals surface area contributed by atoms with Crippen molar-refractivity contribution in [3.05, 3.63) is 40.4 Å². The standard InChI is InChI=1S/C19H22N4O3/c1-2-14-8-16(24)22-17(21-14)12-5-6-15(20-9-12)23-10-13-4-3-7-19(13,11-23)18(25)26/h5-6,8-9,13H,2-4,7,10-11H2,1H3,(H,25,26)(H,21,22,24)/t13-,19+/m0/s1. The monoisotopic (exact) mass is 354 g/mol. The Morgan fingerprint density at radius 1 is 1.46 bits per heavy atom. The van der Waals surface area contributed by atoms with Gasteiger partial charge in [0, 0.05) is 36.6 Å². The molecule has 2 N–H and O–H groups in total. The summed E-state index contributed by atoms with van der Waals surface area (Å²) in [4.78, 5) is 37.3. The number of pyridine rings is 1. The molecule has 7 heteroatoms. The van der Waals surface area contributed by atoms with Crippen LogP contribution in [0.5, 0.6) is 0 Å². The molecule has 1 aliphatic carbocycles. The molecule has 2 aliphatic rings. The summed E-state index contributed by atoms with van der Waals surface area (Å²) in [6.07, 6.45) is 5.08. The van der Waals surface area contributed by atoms with E-state index in [9.17, 15) is 14.7 Å². The molecular weight excluding hydrogens is 332 g/mol. The lowest BCUT2D eigenvalue weighted by atomic mass is 9.81. The second-order valence-corrected chi connectivity index (χ2v) is 7.27. The lowest BCUT2D eigenvalue weighted by Gasteiger charge is -2.23. The molecule has 2 aromatic rings. The van der Waals surface area contributed by atoms with Gasteiger partial charge in [-0.3, -0.25) is 9.59 Å². The van der Waals surface area contributed by atoms with Gasteiger partial charge in [-0.25, -0.2) is 9.97 Å². The summed E-state index contributed by atoms with van der Waals surface area (Å²) in [6.45, 7) is 3.20. The first-order chi connectivity index (χ1) is 12.5. The van der Waals surface area contributed by atoms with Crippen LogP contribution in [-0.4, -0.2) is 39.1 Å². The Morgan fingerprint density at radius 2 is 2.31 bits per heavy atom. The minimum atomic E-state index is -0.683. The van der Waals surface area contributed by atoms with Crippen molar-refractivity contribution >= 4 is 11.8 Å². The van der Waals surface area contributed by atoms with Gasteiger partial charge in [-0.15, -0.1) is 0 Å². The van der Waals surface area contributed by atoms with Crippen LogP contribution in [0.1, 0.15) is 31.9 Å². The van der Waals surface area contributed by atoms with E-state index in [4.69, 9.17) is 0 Å². The maximum atomic E-state index is 11.8. The Bertz CT molecular complexity index is 892. The number of hydrogen-bond donors (Lipinski definition) is 2. The molecule has 0 aromatic carbocycles. The summed E-state index contributed by atoms with van der Waals surface area (Å²) in [6, 6.07) is 5.26. The topological polar surface area (TPSA) is 99.2 Å². The average Bonchev–Trinajstić information content (AvgIpc) is 3.20. The number of H-pyrrole nitrogens is 1. The molecule has 1 saturated heterocycles. The molecule has 0 radical (unpaired) electrons. The van der Waals surface area contributed by atoms with Gasteiger partial charge in [0.1, 0.15) is 11.6 Å². The van der Waals surface area contributed by atoms with E-state index in [0.717, 1.165) is 42.9 Å². The van der Waals surface area contributed by atoms with Crippen LogP contribution in [-0.2, 0) is 11.2 Å². The van der Waals surface area contributed by atoms with Crippen LogP contribution in [0.15, 0.2) is 29.2 Å². The molecule has 3 heterocycles. The van der Waals surface area contributed by atoms with Gasteiger partial charge in [0.25, 0.3) is 5.56 Å². The number of aryl methyl sites for hydroxylation is 1. The Morgan fingerprint density at radius 3 is 2.96 bits per heavy atom. The minimum Gasteiger partial charge on any atom is -0.481 e. The summed E-state index contributed by atoms with van der Waals surface area (Å²) in [7, 11) is 0. The third-order valence-electron chi connectivity index (χ3n) is 5.80. The Balaban J connectivity index is 1.59. The number of hydrogen-bond acceptors (Lipinski definition) is 5. The number of nitrogens with zero attached hydrogens (tertiary/aromatic N) is 3. The number of aromatic nitrogens is 3. The smallest absolute Gasteiger partial charge is 0.311 e. The molecule has 7 nitrogen and oxygen atoms in total. The highest BCUT2D eigenvalue weighted by Crippen LogP contribution is 2.49. The van der Waals surface area contributed by atoms with E-state index < -0.39 is 11.4 Å². The van der Waals surface area contributed by atoms with E-state index in [2.05, 4.69) is 19.9 Å². The van der Waals surface area contributed by atoms with Crippen molar-refractivity contribution in [2.45, 2.75) is 32.6 Å². The van der Waals surface area contributed by atoms with Crippen LogP contribution >= 0.6 is 0 Å². The summed E-state index contributed by atoms with van der Waals surface area (Å²) >= 11 is 0. The second-order valence-electron chi connectivity index (χ2n) is 7.27. The van der Waals surface area contributed by atoms with Crippen LogP contribution in [0, 0.1) is 11.3 Å². The maximum absolute atomic E-state index is 11.8. The van der Waals surface area contributed by atoms with Gasteiger partial charge in [-0.1, -0.05) is 13.3 Å². The van der Waals surface area contributed by atoms with Crippen molar-refractivity contribution in [3.63, 3.8) is 0 Å². The van der Waals surface area contributed by atoms with Gasteiger partial charge in [0.2, 0.25) is 0 Å².